The molecule has 66 valence electrons. The van der Waals surface area contributed by atoms with Crippen LogP contribution in [0.15, 0.2) is 12.2 Å². The van der Waals surface area contributed by atoms with Gasteiger partial charge < -0.3 is 4.74 Å². The number of hydrogen-bond acceptors (Lipinski definition) is 2. The fraction of sp³-hybridized carbons (Fsp3) is 0.700. The maximum atomic E-state index is 11.1. The summed E-state index contributed by atoms with van der Waals surface area (Å²) in [5.41, 5.74) is 0.701. The van der Waals surface area contributed by atoms with E-state index in [0.29, 0.717) is 17.4 Å². The van der Waals surface area contributed by atoms with Crippen molar-refractivity contribution in [3.63, 3.8) is 0 Å². The van der Waals surface area contributed by atoms with Crippen molar-refractivity contribution in [1.29, 1.82) is 0 Å². The number of carbonyl (C=O) groups excluding carboxylic acids is 1. The van der Waals surface area contributed by atoms with Gasteiger partial charge in [0.1, 0.15) is 6.10 Å². The standard InChI is InChI=1S/C10H14O2/c1-6-3-4-8-7(2)10(11)12-9(8)5-6/h6,8-9H,2-5H2,1H3/t6-,8+,9-/m1/s1. The minimum absolute atomic E-state index is 0.147. The van der Waals surface area contributed by atoms with Gasteiger partial charge in [0.2, 0.25) is 0 Å². The van der Waals surface area contributed by atoms with E-state index in [9.17, 15) is 4.79 Å². The zero-order valence-electron chi connectivity index (χ0n) is 7.38. The minimum atomic E-state index is -0.167. The third-order valence-corrected chi connectivity index (χ3v) is 3.02. The fourth-order valence-corrected chi connectivity index (χ4v) is 2.22. The van der Waals surface area contributed by atoms with Crippen LogP contribution in [-0.4, -0.2) is 12.1 Å². The Morgan fingerprint density at radius 3 is 3.00 bits per heavy atom. The minimum Gasteiger partial charge on any atom is -0.458 e. The van der Waals surface area contributed by atoms with E-state index in [0.717, 1.165) is 12.8 Å². The molecule has 1 aliphatic carbocycles. The number of carbonyl (C=O) groups is 1. The van der Waals surface area contributed by atoms with Gasteiger partial charge in [0.05, 0.1) is 0 Å². The van der Waals surface area contributed by atoms with E-state index in [2.05, 4.69) is 13.5 Å². The Hall–Kier alpha value is -0.790. The van der Waals surface area contributed by atoms with Crippen molar-refractivity contribution in [2.75, 3.05) is 0 Å². The predicted octanol–water partition coefficient (Wildman–Crippen LogP) is 1.90. The summed E-state index contributed by atoms with van der Waals surface area (Å²) < 4.78 is 5.21. The molecule has 2 rings (SSSR count). The fourth-order valence-electron chi connectivity index (χ4n) is 2.22. The third kappa shape index (κ3) is 1.06. The first-order valence-electron chi connectivity index (χ1n) is 4.58. The Morgan fingerprint density at radius 2 is 2.25 bits per heavy atom. The molecule has 1 saturated heterocycles. The molecule has 0 spiro atoms. The van der Waals surface area contributed by atoms with Crippen LogP contribution in [0.1, 0.15) is 26.2 Å². The smallest absolute Gasteiger partial charge is 0.334 e. The molecule has 2 nitrogen and oxygen atoms in total. The predicted molar refractivity (Wildman–Crippen MR) is 45.5 cm³/mol. The summed E-state index contributed by atoms with van der Waals surface area (Å²) in [6.07, 6.45) is 3.46. The zero-order chi connectivity index (χ0) is 8.72. The molecule has 12 heavy (non-hydrogen) atoms. The number of ether oxygens (including phenoxy) is 1. The quantitative estimate of drug-likeness (QED) is 0.406. The van der Waals surface area contributed by atoms with Gasteiger partial charge in [0.15, 0.2) is 0 Å². The molecule has 1 aliphatic heterocycles. The van der Waals surface area contributed by atoms with Gasteiger partial charge in [0, 0.05) is 11.5 Å². The maximum Gasteiger partial charge on any atom is 0.334 e. The number of esters is 1. The molecule has 2 aliphatic rings. The molecule has 0 amide bonds. The molecule has 0 N–H and O–H groups in total. The summed E-state index contributed by atoms with van der Waals surface area (Å²) in [5, 5.41) is 0. The average molecular weight is 166 g/mol. The molecule has 2 fully saturated rings. The molecule has 2 heteroatoms. The van der Waals surface area contributed by atoms with E-state index in [1.807, 2.05) is 0 Å². The summed E-state index contributed by atoms with van der Waals surface area (Å²) in [5.74, 6) is 0.859. The van der Waals surface area contributed by atoms with Gasteiger partial charge >= 0.3 is 5.97 Å². The van der Waals surface area contributed by atoms with Gasteiger partial charge in [-0.2, -0.15) is 0 Å². The molecule has 1 saturated carbocycles. The second kappa shape index (κ2) is 2.61. The van der Waals surface area contributed by atoms with E-state index < -0.39 is 0 Å². The lowest BCUT2D eigenvalue weighted by molar-refractivity contribution is -0.140. The highest BCUT2D eigenvalue weighted by molar-refractivity contribution is 5.90. The highest BCUT2D eigenvalue weighted by Crippen LogP contribution is 2.39. The van der Waals surface area contributed by atoms with Gasteiger partial charge in [-0.3, -0.25) is 0 Å². The Bertz CT molecular complexity index is 232. The molecule has 0 aromatic rings. The van der Waals surface area contributed by atoms with Crippen molar-refractivity contribution in [2.24, 2.45) is 11.8 Å². The van der Waals surface area contributed by atoms with E-state index in [4.69, 9.17) is 4.74 Å². The van der Waals surface area contributed by atoms with Crippen LogP contribution in [0.25, 0.3) is 0 Å². The van der Waals surface area contributed by atoms with Crippen molar-refractivity contribution >= 4 is 5.97 Å². The highest BCUT2D eigenvalue weighted by atomic mass is 16.6. The summed E-state index contributed by atoms with van der Waals surface area (Å²) in [4.78, 5) is 11.1. The Kier molecular flexibility index (Phi) is 1.71. The monoisotopic (exact) mass is 166 g/mol. The number of rotatable bonds is 0. The lowest BCUT2D eigenvalue weighted by Gasteiger charge is -2.27. The molecule has 3 atom stereocenters. The zero-order valence-corrected chi connectivity index (χ0v) is 7.38. The topological polar surface area (TPSA) is 26.3 Å². The van der Waals surface area contributed by atoms with Gasteiger partial charge in [-0.05, 0) is 25.2 Å². The Balaban J connectivity index is 2.14. The molecular formula is C10H14O2. The van der Waals surface area contributed by atoms with Crippen LogP contribution in [-0.2, 0) is 9.53 Å². The van der Waals surface area contributed by atoms with Crippen molar-refractivity contribution in [3.8, 4) is 0 Å². The van der Waals surface area contributed by atoms with Crippen LogP contribution in [0.2, 0.25) is 0 Å². The normalized spacial score (nSPS) is 40.9. The highest BCUT2D eigenvalue weighted by Gasteiger charge is 2.41. The molecule has 1 heterocycles. The SMILES string of the molecule is C=C1C(=O)O[C@@H]2C[C@H](C)CC[C@@H]12. The van der Waals surface area contributed by atoms with Crippen LogP contribution in [0.5, 0.6) is 0 Å². The second-order valence-corrected chi connectivity index (χ2v) is 3.99. The van der Waals surface area contributed by atoms with Crippen LogP contribution < -0.4 is 0 Å². The van der Waals surface area contributed by atoms with Crippen LogP contribution in [0.4, 0.5) is 0 Å². The Morgan fingerprint density at radius 1 is 1.50 bits per heavy atom. The first-order valence-corrected chi connectivity index (χ1v) is 4.58. The molecule has 0 unspecified atom stereocenters. The molecular weight excluding hydrogens is 152 g/mol. The van der Waals surface area contributed by atoms with E-state index >= 15 is 0 Å². The van der Waals surface area contributed by atoms with E-state index in [1.165, 1.54) is 6.42 Å². The average Bonchev–Trinajstić information content (AvgIpc) is 2.28. The molecule has 0 bridgehead atoms. The molecule has 0 aromatic heterocycles. The van der Waals surface area contributed by atoms with E-state index in [1.54, 1.807) is 0 Å². The molecule has 0 aromatic carbocycles. The van der Waals surface area contributed by atoms with Crippen molar-refractivity contribution in [1.82, 2.24) is 0 Å². The lowest BCUT2D eigenvalue weighted by Crippen LogP contribution is -2.25. The largest absolute Gasteiger partial charge is 0.458 e. The first kappa shape index (κ1) is 7.84. The van der Waals surface area contributed by atoms with Gasteiger partial charge in [-0.1, -0.05) is 13.5 Å². The van der Waals surface area contributed by atoms with Crippen LogP contribution >= 0.6 is 0 Å². The van der Waals surface area contributed by atoms with Crippen molar-refractivity contribution in [2.45, 2.75) is 32.3 Å². The van der Waals surface area contributed by atoms with Gasteiger partial charge in [-0.25, -0.2) is 4.79 Å². The second-order valence-electron chi connectivity index (χ2n) is 3.99. The van der Waals surface area contributed by atoms with Gasteiger partial charge in [0.25, 0.3) is 0 Å². The maximum absolute atomic E-state index is 11.1. The van der Waals surface area contributed by atoms with Crippen molar-refractivity contribution in [3.05, 3.63) is 12.2 Å². The first-order chi connectivity index (χ1) is 5.68. The Labute approximate surface area is 72.6 Å². The molecule has 0 radical (unpaired) electrons. The van der Waals surface area contributed by atoms with Crippen LogP contribution in [0.3, 0.4) is 0 Å². The number of hydrogen-bond donors (Lipinski definition) is 0. The lowest BCUT2D eigenvalue weighted by atomic mass is 9.79. The van der Waals surface area contributed by atoms with E-state index in [-0.39, 0.29) is 12.1 Å². The summed E-state index contributed by atoms with van der Waals surface area (Å²) in [6, 6.07) is 0. The van der Waals surface area contributed by atoms with Crippen molar-refractivity contribution < 1.29 is 9.53 Å². The van der Waals surface area contributed by atoms with Crippen LogP contribution in [0, 0.1) is 11.8 Å². The summed E-state index contributed by atoms with van der Waals surface area (Å²) >= 11 is 0. The summed E-state index contributed by atoms with van der Waals surface area (Å²) in [6.45, 7) is 5.98. The third-order valence-electron chi connectivity index (χ3n) is 3.02. The summed E-state index contributed by atoms with van der Waals surface area (Å²) in [7, 11) is 0. The van der Waals surface area contributed by atoms with Gasteiger partial charge in [-0.15, -0.1) is 0 Å². The number of fused-ring (bicyclic) bond motifs is 1.